The Balaban J connectivity index is 3.07. The van der Waals surface area contributed by atoms with E-state index in [-0.39, 0.29) is 5.75 Å². The van der Waals surface area contributed by atoms with Gasteiger partial charge in [0.25, 0.3) is 0 Å². The largest absolute Gasteiger partial charge is 0.492 e. The van der Waals surface area contributed by atoms with Gasteiger partial charge in [0.1, 0.15) is 0 Å². The number of hydrogen-bond acceptors (Lipinski definition) is 2. The Labute approximate surface area is 90.7 Å². The van der Waals surface area contributed by atoms with Crippen molar-refractivity contribution in [3.8, 4) is 5.75 Å². The van der Waals surface area contributed by atoms with E-state index in [4.69, 9.17) is 10.5 Å². The lowest BCUT2D eigenvalue weighted by molar-refractivity contribution is 0.383. The second kappa shape index (κ2) is 5.12. The molecule has 0 unspecified atom stereocenters. The van der Waals surface area contributed by atoms with Crippen LogP contribution in [0.3, 0.4) is 0 Å². The highest BCUT2D eigenvalue weighted by molar-refractivity contribution is 9.10. The summed E-state index contributed by atoms with van der Waals surface area (Å²) in [6, 6.07) is 3.17. The zero-order chi connectivity index (χ0) is 10.6. The molecule has 0 aromatic heterocycles. The maximum Gasteiger partial charge on any atom is 0.168 e. The van der Waals surface area contributed by atoms with Gasteiger partial charge in [-0.1, -0.05) is 12.2 Å². The first-order chi connectivity index (χ1) is 6.69. The molecule has 0 aliphatic carbocycles. The Kier molecular flexibility index (Phi) is 4.10. The minimum atomic E-state index is -0.390. The quantitative estimate of drug-likeness (QED) is 0.906. The highest BCUT2D eigenvalue weighted by Gasteiger charge is 2.07. The molecular formula is C10H11BrFNO. The third-order valence-electron chi connectivity index (χ3n) is 1.67. The van der Waals surface area contributed by atoms with E-state index in [2.05, 4.69) is 15.9 Å². The molecule has 2 nitrogen and oxygen atoms in total. The van der Waals surface area contributed by atoms with Crippen LogP contribution in [0.25, 0.3) is 6.08 Å². The summed E-state index contributed by atoms with van der Waals surface area (Å²) in [6.45, 7) is 0.436. The Morgan fingerprint density at radius 3 is 2.79 bits per heavy atom. The molecule has 0 saturated heterocycles. The highest BCUT2D eigenvalue weighted by Crippen LogP contribution is 2.29. The summed E-state index contributed by atoms with van der Waals surface area (Å²) >= 11 is 3.22. The summed E-state index contributed by atoms with van der Waals surface area (Å²) in [5.41, 5.74) is 6.04. The lowest BCUT2D eigenvalue weighted by Crippen LogP contribution is -1.93. The molecule has 0 fully saturated rings. The number of rotatable bonds is 3. The predicted octanol–water partition coefficient (Wildman–Crippen LogP) is 2.57. The van der Waals surface area contributed by atoms with E-state index in [1.54, 1.807) is 18.2 Å². The van der Waals surface area contributed by atoms with Crippen LogP contribution in [0, 0.1) is 5.82 Å². The van der Waals surface area contributed by atoms with Gasteiger partial charge in [0.15, 0.2) is 11.6 Å². The van der Waals surface area contributed by atoms with Crippen LogP contribution in [0.4, 0.5) is 4.39 Å². The average Bonchev–Trinajstić information content (AvgIpc) is 2.14. The summed E-state index contributed by atoms with van der Waals surface area (Å²) in [4.78, 5) is 0. The van der Waals surface area contributed by atoms with Gasteiger partial charge in [-0.25, -0.2) is 4.39 Å². The first kappa shape index (κ1) is 11.2. The average molecular weight is 260 g/mol. The molecule has 0 heterocycles. The Morgan fingerprint density at radius 2 is 2.29 bits per heavy atom. The van der Waals surface area contributed by atoms with Crippen molar-refractivity contribution in [3.05, 3.63) is 34.1 Å². The van der Waals surface area contributed by atoms with Crippen LogP contribution < -0.4 is 10.5 Å². The molecule has 0 saturated carbocycles. The maximum absolute atomic E-state index is 13.3. The van der Waals surface area contributed by atoms with Crippen LogP contribution in [0.2, 0.25) is 0 Å². The lowest BCUT2D eigenvalue weighted by atomic mass is 10.2. The highest BCUT2D eigenvalue weighted by atomic mass is 79.9. The van der Waals surface area contributed by atoms with E-state index in [1.165, 1.54) is 13.2 Å². The molecule has 0 amide bonds. The molecule has 0 spiro atoms. The Morgan fingerprint density at radius 1 is 1.57 bits per heavy atom. The normalized spacial score (nSPS) is 10.9. The van der Waals surface area contributed by atoms with Crippen LogP contribution in [-0.4, -0.2) is 13.7 Å². The zero-order valence-electron chi connectivity index (χ0n) is 7.76. The number of ether oxygens (including phenoxy) is 1. The minimum absolute atomic E-state index is 0.217. The van der Waals surface area contributed by atoms with Crippen molar-refractivity contribution in [1.82, 2.24) is 0 Å². The summed E-state index contributed by atoms with van der Waals surface area (Å²) in [5.74, 6) is -0.173. The number of nitrogens with two attached hydrogens (primary N) is 1. The fourth-order valence-corrected chi connectivity index (χ4v) is 1.69. The summed E-state index contributed by atoms with van der Waals surface area (Å²) < 4.78 is 18.8. The smallest absolute Gasteiger partial charge is 0.168 e. The van der Waals surface area contributed by atoms with Crippen molar-refractivity contribution in [2.45, 2.75) is 0 Å². The van der Waals surface area contributed by atoms with Gasteiger partial charge in [0.05, 0.1) is 11.6 Å². The third-order valence-corrected chi connectivity index (χ3v) is 2.26. The van der Waals surface area contributed by atoms with Crippen molar-refractivity contribution >= 4 is 22.0 Å². The van der Waals surface area contributed by atoms with Crippen LogP contribution in [0.5, 0.6) is 5.75 Å². The van der Waals surface area contributed by atoms with Crippen molar-refractivity contribution < 1.29 is 9.13 Å². The molecule has 1 aromatic rings. The fraction of sp³-hybridized carbons (Fsp3) is 0.200. The molecule has 0 atom stereocenters. The molecule has 4 heteroatoms. The fourth-order valence-electron chi connectivity index (χ4n) is 1.07. The molecular weight excluding hydrogens is 249 g/mol. The molecule has 2 N–H and O–H groups in total. The predicted molar refractivity (Wildman–Crippen MR) is 58.7 cm³/mol. The van der Waals surface area contributed by atoms with Crippen molar-refractivity contribution in [2.24, 2.45) is 5.73 Å². The van der Waals surface area contributed by atoms with E-state index in [1.807, 2.05) is 0 Å². The van der Waals surface area contributed by atoms with Gasteiger partial charge in [0.2, 0.25) is 0 Å². The zero-order valence-corrected chi connectivity index (χ0v) is 9.34. The number of benzene rings is 1. The first-order valence-corrected chi connectivity index (χ1v) is 4.88. The molecule has 0 radical (unpaired) electrons. The van der Waals surface area contributed by atoms with E-state index >= 15 is 0 Å². The first-order valence-electron chi connectivity index (χ1n) is 4.08. The second-order valence-corrected chi connectivity index (χ2v) is 3.51. The van der Waals surface area contributed by atoms with Crippen LogP contribution in [-0.2, 0) is 0 Å². The Bertz CT molecular complexity index is 329. The SMILES string of the molecule is COc1c(F)cc(/C=C/CN)cc1Br. The second-order valence-electron chi connectivity index (χ2n) is 2.66. The van der Waals surface area contributed by atoms with Gasteiger partial charge in [-0.05, 0) is 33.6 Å². The van der Waals surface area contributed by atoms with E-state index < -0.39 is 5.82 Å². The topological polar surface area (TPSA) is 35.2 Å². The number of halogens is 2. The van der Waals surface area contributed by atoms with Crippen molar-refractivity contribution in [2.75, 3.05) is 13.7 Å². The maximum atomic E-state index is 13.3. The minimum Gasteiger partial charge on any atom is -0.492 e. The number of hydrogen-bond donors (Lipinski definition) is 1. The lowest BCUT2D eigenvalue weighted by Gasteiger charge is -2.05. The van der Waals surface area contributed by atoms with Gasteiger partial charge < -0.3 is 10.5 Å². The summed E-state index contributed by atoms with van der Waals surface area (Å²) in [7, 11) is 1.43. The van der Waals surface area contributed by atoms with Crippen LogP contribution in [0.1, 0.15) is 5.56 Å². The molecule has 76 valence electrons. The van der Waals surface area contributed by atoms with Crippen LogP contribution >= 0.6 is 15.9 Å². The van der Waals surface area contributed by atoms with E-state index in [0.717, 1.165) is 5.56 Å². The molecule has 0 aliphatic heterocycles. The van der Waals surface area contributed by atoms with Gasteiger partial charge in [-0.15, -0.1) is 0 Å². The van der Waals surface area contributed by atoms with Crippen molar-refractivity contribution in [1.29, 1.82) is 0 Å². The molecule has 0 bridgehead atoms. The molecule has 14 heavy (non-hydrogen) atoms. The van der Waals surface area contributed by atoms with Gasteiger partial charge >= 0.3 is 0 Å². The molecule has 1 rings (SSSR count). The van der Waals surface area contributed by atoms with Gasteiger partial charge in [0, 0.05) is 6.54 Å². The third kappa shape index (κ3) is 2.56. The Hall–Kier alpha value is -0.870. The standard InChI is InChI=1S/C10H11BrFNO/c1-14-10-8(11)5-7(3-2-4-13)6-9(10)12/h2-3,5-6H,4,13H2,1H3/b3-2+. The van der Waals surface area contributed by atoms with Crippen LogP contribution in [0.15, 0.2) is 22.7 Å². The molecule has 1 aromatic carbocycles. The monoisotopic (exact) mass is 259 g/mol. The van der Waals surface area contributed by atoms with E-state index in [9.17, 15) is 4.39 Å². The van der Waals surface area contributed by atoms with Crippen molar-refractivity contribution in [3.63, 3.8) is 0 Å². The molecule has 0 aliphatic rings. The van der Waals surface area contributed by atoms with E-state index in [0.29, 0.717) is 11.0 Å². The number of methoxy groups -OCH3 is 1. The summed E-state index contributed by atoms with van der Waals surface area (Å²) in [6.07, 6.45) is 3.51. The summed E-state index contributed by atoms with van der Waals surface area (Å²) in [5, 5.41) is 0. The van der Waals surface area contributed by atoms with Gasteiger partial charge in [-0.2, -0.15) is 0 Å². The van der Waals surface area contributed by atoms with Gasteiger partial charge in [-0.3, -0.25) is 0 Å².